The van der Waals surface area contributed by atoms with E-state index in [1.165, 1.54) is 0 Å². The number of nitrogens with one attached hydrogen (secondary N) is 2. The van der Waals surface area contributed by atoms with Crippen LogP contribution in [0.25, 0.3) is 0 Å². The SMILES string of the molecule is Cc1cccc(C)c1OCC(=O)NNC(=O)COc1ccc(Br)cc1C(C)C. The average molecular weight is 449 g/mol. The number of carbonyl (C=O) groups excluding carboxylic acids is 2. The molecule has 2 aromatic rings. The molecule has 2 N–H and O–H groups in total. The van der Waals surface area contributed by atoms with Gasteiger partial charge in [-0.1, -0.05) is 48.0 Å². The Hall–Kier alpha value is -2.54. The zero-order chi connectivity index (χ0) is 20.7. The lowest BCUT2D eigenvalue weighted by molar-refractivity contribution is -0.131. The maximum absolute atomic E-state index is 12.0. The van der Waals surface area contributed by atoms with Crippen LogP contribution in [0.15, 0.2) is 40.9 Å². The average Bonchev–Trinajstić information content (AvgIpc) is 2.64. The third kappa shape index (κ3) is 6.27. The van der Waals surface area contributed by atoms with E-state index >= 15 is 0 Å². The van der Waals surface area contributed by atoms with Crippen molar-refractivity contribution in [2.75, 3.05) is 13.2 Å². The van der Waals surface area contributed by atoms with E-state index in [1.807, 2.05) is 64.1 Å². The summed E-state index contributed by atoms with van der Waals surface area (Å²) in [5.41, 5.74) is 7.53. The molecule has 0 radical (unpaired) electrons. The second kappa shape index (κ2) is 10.1. The number of aryl methyl sites for hydroxylation is 2. The molecule has 2 aromatic carbocycles. The van der Waals surface area contributed by atoms with Crippen molar-refractivity contribution in [3.63, 3.8) is 0 Å². The van der Waals surface area contributed by atoms with E-state index in [0.29, 0.717) is 11.5 Å². The van der Waals surface area contributed by atoms with Crippen molar-refractivity contribution in [3.8, 4) is 11.5 Å². The highest BCUT2D eigenvalue weighted by atomic mass is 79.9. The number of hydrogen-bond donors (Lipinski definition) is 2. The molecule has 28 heavy (non-hydrogen) atoms. The Morgan fingerprint density at radius 1 is 0.964 bits per heavy atom. The first-order chi connectivity index (χ1) is 13.3. The fourth-order valence-electron chi connectivity index (χ4n) is 2.62. The van der Waals surface area contributed by atoms with E-state index in [-0.39, 0.29) is 19.1 Å². The van der Waals surface area contributed by atoms with Gasteiger partial charge in [-0.15, -0.1) is 0 Å². The molecule has 0 spiro atoms. The molecule has 150 valence electrons. The number of amides is 2. The van der Waals surface area contributed by atoms with Gasteiger partial charge in [0.1, 0.15) is 11.5 Å². The third-order valence-corrected chi connectivity index (χ3v) is 4.54. The molecule has 2 rings (SSSR count). The van der Waals surface area contributed by atoms with Gasteiger partial charge in [0, 0.05) is 4.47 Å². The van der Waals surface area contributed by atoms with E-state index in [2.05, 4.69) is 26.8 Å². The molecule has 0 bridgehead atoms. The Morgan fingerprint density at radius 2 is 1.54 bits per heavy atom. The summed E-state index contributed by atoms with van der Waals surface area (Å²) in [5.74, 6) is 0.639. The van der Waals surface area contributed by atoms with Crippen LogP contribution in [0.4, 0.5) is 0 Å². The maximum Gasteiger partial charge on any atom is 0.276 e. The Labute approximate surface area is 173 Å². The van der Waals surface area contributed by atoms with Crippen molar-refractivity contribution in [1.29, 1.82) is 0 Å². The number of halogens is 1. The Kier molecular flexibility index (Phi) is 7.87. The van der Waals surface area contributed by atoms with Crippen LogP contribution in [0.1, 0.15) is 36.5 Å². The summed E-state index contributed by atoms with van der Waals surface area (Å²) in [5, 5.41) is 0. The first kappa shape index (κ1) is 21.8. The fourth-order valence-corrected chi connectivity index (χ4v) is 3.00. The summed E-state index contributed by atoms with van der Waals surface area (Å²) >= 11 is 3.43. The van der Waals surface area contributed by atoms with Crippen LogP contribution in [0.2, 0.25) is 0 Å². The van der Waals surface area contributed by atoms with Crippen molar-refractivity contribution < 1.29 is 19.1 Å². The molecule has 0 aliphatic rings. The fraction of sp³-hybridized carbons (Fsp3) is 0.333. The minimum atomic E-state index is -0.460. The molecule has 0 fully saturated rings. The van der Waals surface area contributed by atoms with Crippen molar-refractivity contribution in [1.82, 2.24) is 10.9 Å². The summed E-state index contributed by atoms with van der Waals surface area (Å²) in [6, 6.07) is 11.4. The number of carbonyl (C=O) groups is 2. The first-order valence-electron chi connectivity index (χ1n) is 8.97. The van der Waals surface area contributed by atoms with Gasteiger partial charge in [0.15, 0.2) is 13.2 Å². The summed E-state index contributed by atoms with van der Waals surface area (Å²) in [6.07, 6.45) is 0. The van der Waals surface area contributed by atoms with Crippen LogP contribution in [-0.2, 0) is 9.59 Å². The maximum atomic E-state index is 12.0. The zero-order valence-electron chi connectivity index (χ0n) is 16.5. The quantitative estimate of drug-likeness (QED) is 0.631. The van der Waals surface area contributed by atoms with Crippen LogP contribution in [0.3, 0.4) is 0 Å². The minimum absolute atomic E-state index is 0.197. The van der Waals surface area contributed by atoms with Gasteiger partial charge in [0.2, 0.25) is 0 Å². The van der Waals surface area contributed by atoms with Crippen LogP contribution >= 0.6 is 15.9 Å². The summed E-state index contributed by atoms with van der Waals surface area (Å²) in [7, 11) is 0. The highest BCUT2D eigenvalue weighted by Gasteiger charge is 2.12. The molecule has 0 atom stereocenters. The minimum Gasteiger partial charge on any atom is -0.483 e. The van der Waals surface area contributed by atoms with Gasteiger partial charge in [0.25, 0.3) is 11.8 Å². The van der Waals surface area contributed by atoms with E-state index < -0.39 is 11.8 Å². The number of benzene rings is 2. The molecular formula is C21H25BrN2O4. The van der Waals surface area contributed by atoms with Gasteiger partial charge in [-0.2, -0.15) is 0 Å². The molecule has 0 unspecified atom stereocenters. The van der Waals surface area contributed by atoms with E-state index in [1.54, 1.807) is 0 Å². The monoisotopic (exact) mass is 448 g/mol. The molecule has 2 amide bonds. The third-order valence-electron chi connectivity index (χ3n) is 4.05. The summed E-state index contributed by atoms with van der Waals surface area (Å²) < 4.78 is 12.1. The van der Waals surface area contributed by atoms with Gasteiger partial charge < -0.3 is 9.47 Å². The Balaban J connectivity index is 1.79. The largest absolute Gasteiger partial charge is 0.483 e. The van der Waals surface area contributed by atoms with Crippen LogP contribution in [0, 0.1) is 13.8 Å². The Morgan fingerprint density at radius 3 is 2.11 bits per heavy atom. The highest BCUT2D eigenvalue weighted by Crippen LogP contribution is 2.29. The van der Waals surface area contributed by atoms with E-state index in [4.69, 9.17) is 9.47 Å². The van der Waals surface area contributed by atoms with Gasteiger partial charge >= 0.3 is 0 Å². The van der Waals surface area contributed by atoms with Crippen molar-refractivity contribution in [2.45, 2.75) is 33.6 Å². The van der Waals surface area contributed by atoms with Gasteiger partial charge in [0.05, 0.1) is 0 Å². The normalized spacial score (nSPS) is 10.5. The summed E-state index contributed by atoms with van der Waals surface area (Å²) in [4.78, 5) is 23.9. The lowest BCUT2D eigenvalue weighted by Crippen LogP contribution is -2.45. The highest BCUT2D eigenvalue weighted by molar-refractivity contribution is 9.10. The van der Waals surface area contributed by atoms with Crippen molar-refractivity contribution in [2.24, 2.45) is 0 Å². The molecule has 0 aliphatic carbocycles. The van der Waals surface area contributed by atoms with Crippen molar-refractivity contribution in [3.05, 3.63) is 57.6 Å². The molecule has 0 heterocycles. The van der Waals surface area contributed by atoms with Crippen molar-refractivity contribution >= 4 is 27.7 Å². The molecule has 0 aromatic heterocycles. The molecule has 0 saturated heterocycles. The second-order valence-electron chi connectivity index (χ2n) is 6.73. The predicted molar refractivity (Wildman–Crippen MR) is 111 cm³/mol. The zero-order valence-corrected chi connectivity index (χ0v) is 18.1. The molecular weight excluding hydrogens is 424 g/mol. The van der Waals surface area contributed by atoms with Gasteiger partial charge in [-0.05, 0) is 54.7 Å². The first-order valence-corrected chi connectivity index (χ1v) is 9.76. The smallest absolute Gasteiger partial charge is 0.276 e. The number of hydrogen-bond acceptors (Lipinski definition) is 4. The lowest BCUT2D eigenvalue weighted by atomic mass is 10.0. The molecule has 7 heteroatoms. The van der Waals surface area contributed by atoms with Gasteiger partial charge in [-0.25, -0.2) is 0 Å². The van der Waals surface area contributed by atoms with Crippen LogP contribution in [0.5, 0.6) is 11.5 Å². The van der Waals surface area contributed by atoms with E-state index in [0.717, 1.165) is 21.2 Å². The predicted octanol–water partition coefficient (Wildman–Crippen LogP) is 3.79. The van der Waals surface area contributed by atoms with Crippen LogP contribution < -0.4 is 20.3 Å². The molecule has 0 aliphatic heterocycles. The number of rotatable bonds is 7. The van der Waals surface area contributed by atoms with Crippen LogP contribution in [-0.4, -0.2) is 25.0 Å². The topological polar surface area (TPSA) is 76.7 Å². The van der Waals surface area contributed by atoms with Gasteiger partial charge in [-0.3, -0.25) is 20.4 Å². The Bertz CT molecular complexity index is 832. The molecule has 0 saturated carbocycles. The number of hydrazine groups is 1. The standard InChI is InChI=1S/C21H25BrN2O4/c1-13(2)17-10-16(22)8-9-18(17)27-11-19(25)23-24-20(26)12-28-21-14(3)6-5-7-15(21)4/h5-10,13H,11-12H2,1-4H3,(H,23,25)(H,24,26). The number of ether oxygens (including phenoxy) is 2. The lowest BCUT2D eigenvalue weighted by Gasteiger charge is -2.15. The number of para-hydroxylation sites is 1. The van der Waals surface area contributed by atoms with E-state index in [9.17, 15) is 9.59 Å². The molecule has 6 nitrogen and oxygen atoms in total. The second-order valence-corrected chi connectivity index (χ2v) is 7.65. The summed E-state index contributed by atoms with van der Waals surface area (Å²) in [6.45, 7) is 7.51.